The maximum Gasteiger partial charge on any atom is 0.400 e. The molecule has 0 amide bonds. The summed E-state index contributed by atoms with van der Waals surface area (Å²) in [7, 11) is -5.66. The molecule has 0 spiro atoms. The van der Waals surface area contributed by atoms with E-state index in [1.807, 2.05) is 0 Å². The Morgan fingerprint density at radius 3 is 2.25 bits per heavy atom. The smallest absolute Gasteiger partial charge is 0.281 e. The molecule has 2 aliphatic rings. The van der Waals surface area contributed by atoms with Crippen molar-refractivity contribution in [1.29, 1.82) is 0 Å². The van der Waals surface area contributed by atoms with Gasteiger partial charge in [-0.05, 0) is 31.1 Å². The van der Waals surface area contributed by atoms with Crippen molar-refractivity contribution in [2.24, 2.45) is 17.8 Å². The van der Waals surface area contributed by atoms with Gasteiger partial charge in [-0.2, -0.15) is 17.2 Å². The molecule has 0 aromatic heterocycles. The minimum atomic E-state index is -5.66. The minimum absolute atomic E-state index is 0.160. The minimum Gasteiger partial charge on any atom is -0.281 e. The summed E-state index contributed by atoms with van der Waals surface area (Å²) in [5.41, 5.74) is 0. The van der Waals surface area contributed by atoms with Crippen LogP contribution in [0.15, 0.2) is 0 Å². The summed E-state index contributed by atoms with van der Waals surface area (Å²) >= 11 is 0. The lowest BCUT2D eigenvalue weighted by Crippen LogP contribution is -2.44. The van der Waals surface area contributed by atoms with Crippen LogP contribution in [0, 0.1) is 17.8 Å². The summed E-state index contributed by atoms with van der Waals surface area (Å²) in [5, 5.41) is -4.68. The van der Waals surface area contributed by atoms with Gasteiger partial charge in [0.25, 0.3) is 0 Å². The van der Waals surface area contributed by atoms with Crippen LogP contribution in [0.5, 0.6) is 0 Å². The van der Waals surface area contributed by atoms with Gasteiger partial charge in [0.05, 0.1) is 0 Å². The highest BCUT2D eigenvalue weighted by atomic mass is 32.2. The van der Waals surface area contributed by atoms with Crippen molar-refractivity contribution >= 4 is 10.1 Å². The van der Waals surface area contributed by atoms with E-state index >= 15 is 0 Å². The molecule has 2 saturated carbocycles. The number of hydrogen-bond acceptors (Lipinski definition) is 2. The van der Waals surface area contributed by atoms with Gasteiger partial charge in [-0.1, -0.05) is 6.42 Å². The largest absolute Gasteiger partial charge is 0.400 e. The van der Waals surface area contributed by atoms with E-state index in [0.29, 0.717) is 19.3 Å². The maximum atomic E-state index is 13.6. The second-order valence-electron chi connectivity index (χ2n) is 4.78. The molecule has 7 heteroatoms. The van der Waals surface area contributed by atoms with Crippen molar-refractivity contribution in [2.75, 3.05) is 0 Å². The van der Waals surface area contributed by atoms with Crippen molar-refractivity contribution in [3.63, 3.8) is 0 Å². The third-order valence-electron chi connectivity index (χ3n) is 3.83. The highest BCUT2D eigenvalue weighted by Crippen LogP contribution is 2.52. The summed E-state index contributed by atoms with van der Waals surface area (Å²) in [5.74, 6) is -0.853. The Morgan fingerprint density at radius 1 is 1.25 bits per heavy atom. The zero-order chi connectivity index (χ0) is 12.1. The Labute approximate surface area is 91.8 Å². The first-order valence-corrected chi connectivity index (χ1v) is 6.66. The van der Waals surface area contributed by atoms with Crippen molar-refractivity contribution in [3.05, 3.63) is 0 Å². The van der Waals surface area contributed by atoms with Gasteiger partial charge < -0.3 is 0 Å². The first-order chi connectivity index (χ1) is 7.23. The monoisotopic (exact) mass is 258 g/mol. The molecule has 2 aliphatic carbocycles. The topological polar surface area (TPSA) is 54.4 Å². The second-order valence-corrected chi connectivity index (χ2v) is 6.27. The number of hydrogen-bond donors (Lipinski definition) is 1. The van der Waals surface area contributed by atoms with E-state index < -0.39 is 27.5 Å². The predicted molar refractivity (Wildman–Crippen MR) is 50.3 cm³/mol. The van der Waals surface area contributed by atoms with Crippen LogP contribution in [-0.4, -0.2) is 24.4 Å². The second kappa shape index (κ2) is 3.60. The molecule has 4 atom stereocenters. The lowest BCUT2D eigenvalue weighted by atomic mass is 9.85. The molecule has 4 unspecified atom stereocenters. The quantitative estimate of drug-likeness (QED) is 0.790. The van der Waals surface area contributed by atoms with Crippen LogP contribution in [0.3, 0.4) is 0 Å². The Hall–Kier alpha value is -0.300. The Morgan fingerprint density at radius 2 is 1.88 bits per heavy atom. The third kappa shape index (κ3) is 1.73. The van der Waals surface area contributed by atoms with Gasteiger partial charge >= 0.3 is 15.4 Å². The molecule has 0 aromatic rings. The molecule has 2 fully saturated rings. The SMILES string of the molecule is O=S(=O)(O)C(F)(F)C(F)C1CC2CCC1C2. The van der Waals surface area contributed by atoms with Crippen LogP contribution in [0.25, 0.3) is 0 Å². The van der Waals surface area contributed by atoms with Crippen molar-refractivity contribution in [3.8, 4) is 0 Å². The maximum absolute atomic E-state index is 13.6. The summed E-state index contributed by atoms with van der Waals surface area (Å²) < 4.78 is 68.9. The summed E-state index contributed by atoms with van der Waals surface area (Å²) in [6, 6.07) is 0. The van der Waals surface area contributed by atoms with Gasteiger partial charge in [0.1, 0.15) is 0 Å². The molecule has 0 radical (unpaired) electrons. The molecule has 3 nitrogen and oxygen atoms in total. The van der Waals surface area contributed by atoms with Crippen LogP contribution in [-0.2, 0) is 10.1 Å². The fourth-order valence-corrected chi connectivity index (χ4v) is 3.50. The van der Waals surface area contributed by atoms with Crippen LogP contribution in [0.1, 0.15) is 25.7 Å². The van der Waals surface area contributed by atoms with E-state index in [1.165, 1.54) is 0 Å². The van der Waals surface area contributed by atoms with E-state index in [0.717, 1.165) is 6.42 Å². The van der Waals surface area contributed by atoms with Gasteiger partial charge in [0, 0.05) is 5.92 Å². The van der Waals surface area contributed by atoms with E-state index in [9.17, 15) is 21.6 Å². The molecule has 2 rings (SSSR count). The highest BCUT2D eigenvalue weighted by Gasteiger charge is 2.59. The fourth-order valence-electron chi connectivity index (χ4n) is 3.04. The third-order valence-corrected chi connectivity index (χ3v) is 4.75. The van der Waals surface area contributed by atoms with E-state index in [4.69, 9.17) is 4.55 Å². The molecule has 0 heterocycles. The number of halogens is 3. The lowest BCUT2D eigenvalue weighted by molar-refractivity contribution is -0.0418. The summed E-state index contributed by atoms with van der Waals surface area (Å²) in [6.45, 7) is 0. The van der Waals surface area contributed by atoms with Gasteiger partial charge in [0.2, 0.25) is 0 Å². The van der Waals surface area contributed by atoms with Crippen LogP contribution in [0.2, 0.25) is 0 Å². The molecule has 1 N–H and O–H groups in total. The molecule has 0 aliphatic heterocycles. The standard InChI is InChI=1S/C9H13F3O3S/c10-8(9(11,12)16(13,14)15)7-4-5-1-2-6(7)3-5/h5-8H,1-4H2,(H,13,14,15). The molecule has 94 valence electrons. The number of fused-ring (bicyclic) bond motifs is 2. The normalized spacial score (nSPS) is 36.6. The van der Waals surface area contributed by atoms with Gasteiger partial charge in [0.15, 0.2) is 6.17 Å². The average molecular weight is 258 g/mol. The van der Waals surface area contributed by atoms with E-state index in [1.54, 1.807) is 0 Å². The first kappa shape index (κ1) is 12.2. The summed E-state index contributed by atoms with van der Waals surface area (Å²) in [4.78, 5) is 0. The van der Waals surface area contributed by atoms with E-state index in [2.05, 4.69) is 0 Å². The fraction of sp³-hybridized carbons (Fsp3) is 1.00. The van der Waals surface area contributed by atoms with Crippen LogP contribution in [0.4, 0.5) is 13.2 Å². The highest BCUT2D eigenvalue weighted by molar-refractivity contribution is 7.86. The molecule has 16 heavy (non-hydrogen) atoms. The van der Waals surface area contributed by atoms with Crippen LogP contribution < -0.4 is 0 Å². The zero-order valence-electron chi connectivity index (χ0n) is 8.44. The Balaban J connectivity index is 2.17. The van der Waals surface area contributed by atoms with Crippen molar-refractivity contribution < 1.29 is 26.1 Å². The van der Waals surface area contributed by atoms with Crippen molar-refractivity contribution in [1.82, 2.24) is 0 Å². The molecular weight excluding hydrogens is 245 g/mol. The Kier molecular flexibility index (Phi) is 2.73. The zero-order valence-corrected chi connectivity index (χ0v) is 9.26. The molecule has 0 saturated heterocycles. The predicted octanol–water partition coefficient (Wildman–Crippen LogP) is 2.24. The van der Waals surface area contributed by atoms with Crippen molar-refractivity contribution in [2.45, 2.75) is 37.1 Å². The summed E-state index contributed by atoms with van der Waals surface area (Å²) in [6.07, 6.45) is -0.204. The average Bonchev–Trinajstić information content (AvgIpc) is 2.75. The van der Waals surface area contributed by atoms with Gasteiger partial charge in [-0.25, -0.2) is 4.39 Å². The number of alkyl halides is 3. The molecular formula is C9H13F3O3S. The molecule has 0 aromatic carbocycles. The first-order valence-electron chi connectivity index (χ1n) is 5.22. The molecule has 2 bridgehead atoms. The number of rotatable bonds is 3. The van der Waals surface area contributed by atoms with Gasteiger partial charge in [-0.15, -0.1) is 0 Å². The van der Waals surface area contributed by atoms with Crippen LogP contribution >= 0.6 is 0 Å². The lowest BCUT2D eigenvalue weighted by Gasteiger charge is -2.28. The Bertz CT molecular complexity index is 381. The van der Waals surface area contributed by atoms with E-state index in [-0.39, 0.29) is 11.8 Å². The van der Waals surface area contributed by atoms with Gasteiger partial charge in [-0.3, -0.25) is 4.55 Å².